The predicted molar refractivity (Wildman–Crippen MR) is 286 cm³/mol. The van der Waals surface area contributed by atoms with E-state index in [1.54, 1.807) is 0 Å². The van der Waals surface area contributed by atoms with E-state index in [1.807, 2.05) is 24.4 Å². The van der Waals surface area contributed by atoms with Gasteiger partial charge in [-0.25, -0.2) is 4.98 Å². The molecule has 0 radical (unpaired) electrons. The standard InChI is InChI=1S/C64H55N4O.Pt/c1-62(2,3)48-36-37-65-60(40-48)68-56-31-18-17-30-52(56)53-35-34-51(42-59(53)68)69-50-29-21-28-49(41-50)66-43-67(58-33-20-19-32-57(58)66)61-54(63(4,5)46-24-13-9-14-25-46)38-45(44-22-11-8-12-23-44)39-55(61)64(6,7)47-26-15-10-16-27-47;/h8-40,43H,1-7H3;/q-3;. The van der Waals surface area contributed by atoms with E-state index in [-0.39, 0.29) is 26.5 Å². The van der Waals surface area contributed by atoms with Crippen LogP contribution >= 0.6 is 0 Å². The van der Waals surface area contributed by atoms with Crippen LogP contribution in [0.3, 0.4) is 0 Å². The van der Waals surface area contributed by atoms with Crippen LogP contribution in [0.5, 0.6) is 11.5 Å². The van der Waals surface area contributed by atoms with Gasteiger partial charge in [-0.15, -0.1) is 48.1 Å². The largest absolute Gasteiger partial charge is 0.509 e. The molecule has 6 heteroatoms. The molecule has 2 aromatic heterocycles. The average Bonchev–Trinajstić information content (AvgIpc) is 3.92. The Morgan fingerprint density at radius 2 is 1.06 bits per heavy atom. The maximum Gasteiger partial charge on any atom is 0.135 e. The third-order valence-corrected chi connectivity index (χ3v) is 14.1. The van der Waals surface area contributed by atoms with Gasteiger partial charge in [-0.3, -0.25) is 0 Å². The Morgan fingerprint density at radius 1 is 0.486 bits per heavy atom. The Labute approximate surface area is 427 Å². The van der Waals surface area contributed by atoms with Crippen LogP contribution in [0, 0.1) is 18.8 Å². The molecule has 1 aliphatic rings. The van der Waals surface area contributed by atoms with Crippen LogP contribution in [-0.2, 0) is 37.3 Å². The predicted octanol–water partition coefficient (Wildman–Crippen LogP) is 16.6. The van der Waals surface area contributed by atoms with Crippen molar-refractivity contribution in [2.45, 2.75) is 64.7 Å². The van der Waals surface area contributed by atoms with Gasteiger partial charge in [-0.2, -0.15) is 12.1 Å². The van der Waals surface area contributed by atoms with Crippen molar-refractivity contribution in [3.8, 4) is 28.4 Å². The van der Waals surface area contributed by atoms with E-state index in [9.17, 15) is 0 Å². The summed E-state index contributed by atoms with van der Waals surface area (Å²) in [5, 5.41) is 2.23. The molecule has 5 nitrogen and oxygen atoms in total. The molecule has 0 N–H and O–H groups in total. The van der Waals surface area contributed by atoms with E-state index in [0.717, 1.165) is 50.4 Å². The summed E-state index contributed by atoms with van der Waals surface area (Å²) in [7, 11) is 0. The van der Waals surface area contributed by atoms with Crippen LogP contribution in [-0.4, -0.2) is 9.55 Å². The van der Waals surface area contributed by atoms with Crippen LogP contribution in [0.4, 0.5) is 22.7 Å². The normalized spacial score (nSPS) is 12.8. The molecule has 0 bridgehead atoms. The molecule has 0 atom stereocenters. The number of ether oxygens (including phenoxy) is 1. The second-order valence-corrected chi connectivity index (χ2v) is 20.2. The smallest absolute Gasteiger partial charge is 0.135 e. The molecule has 3 heterocycles. The zero-order chi connectivity index (χ0) is 47.5. The van der Waals surface area contributed by atoms with Crippen LogP contribution in [0.2, 0.25) is 0 Å². The number of pyridine rings is 1. The third kappa shape index (κ3) is 8.30. The van der Waals surface area contributed by atoms with Gasteiger partial charge in [0.2, 0.25) is 0 Å². The van der Waals surface area contributed by atoms with Gasteiger partial charge in [-0.05, 0) is 92.2 Å². The summed E-state index contributed by atoms with van der Waals surface area (Å²) < 4.78 is 8.93. The number of benzene rings is 8. The molecule has 0 fully saturated rings. The first kappa shape index (κ1) is 46.5. The number of rotatable bonds is 10. The zero-order valence-electron chi connectivity index (χ0n) is 40.6. The van der Waals surface area contributed by atoms with Crippen molar-refractivity contribution in [2.75, 3.05) is 9.80 Å². The summed E-state index contributed by atoms with van der Waals surface area (Å²) >= 11 is 0. The van der Waals surface area contributed by atoms with Gasteiger partial charge in [0.25, 0.3) is 0 Å². The topological polar surface area (TPSA) is 33.5 Å². The minimum atomic E-state index is -0.395. The van der Waals surface area contributed by atoms with Gasteiger partial charge in [-0.1, -0.05) is 175 Å². The van der Waals surface area contributed by atoms with Crippen LogP contribution < -0.4 is 14.5 Å². The Morgan fingerprint density at radius 3 is 1.70 bits per heavy atom. The van der Waals surface area contributed by atoms with Crippen molar-refractivity contribution < 1.29 is 25.8 Å². The number of para-hydroxylation sites is 3. The van der Waals surface area contributed by atoms with E-state index in [4.69, 9.17) is 9.72 Å². The van der Waals surface area contributed by atoms with Gasteiger partial charge in [0.15, 0.2) is 0 Å². The van der Waals surface area contributed by atoms with Crippen molar-refractivity contribution in [1.82, 2.24) is 9.55 Å². The Bertz CT molecular complexity index is 3430. The first-order valence-electron chi connectivity index (χ1n) is 23.9. The Kier molecular flexibility index (Phi) is 12.1. The number of hydrogen-bond donors (Lipinski definition) is 0. The van der Waals surface area contributed by atoms with Crippen molar-refractivity contribution >= 4 is 44.6 Å². The number of anilines is 4. The van der Waals surface area contributed by atoms with Gasteiger partial charge in [0, 0.05) is 72.2 Å². The molecule has 10 aromatic rings. The first-order chi connectivity index (χ1) is 33.4. The van der Waals surface area contributed by atoms with Gasteiger partial charge in [0.05, 0.1) is 0 Å². The molecule has 350 valence electrons. The Hall–Kier alpha value is -7.20. The summed E-state index contributed by atoms with van der Waals surface area (Å²) in [5.41, 5.74) is 13.8. The minimum Gasteiger partial charge on any atom is -0.509 e. The molecule has 0 saturated carbocycles. The Balaban J connectivity index is 0.00000567. The summed E-state index contributed by atoms with van der Waals surface area (Å²) in [6.07, 6.45) is 1.90. The second-order valence-electron chi connectivity index (χ2n) is 20.2. The van der Waals surface area contributed by atoms with Crippen molar-refractivity contribution in [3.63, 3.8) is 0 Å². The molecule has 0 saturated heterocycles. The monoisotopic (exact) mass is 1090 g/mol. The first-order valence-corrected chi connectivity index (χ1v) is 23.9. The SMILES string of the molecule is CC(C)(C)c1ccnc(-n2c3[c-]c(Oc4[c-]c(N5[CH-]N(c6c(C(C)(C)c7ccccc7)cc(-c7ccccc7)cc6C(C)(C)c6ccccc6)c6ccccc65)ccc4)ccc3c3ccccc32)c1.[Pt]. The second kappa shape index (κ2) is 18.3. The number of nitrogens with zero attached hydrogens (tertiary/aromatic N) is 4. The van der Waals surface area contributed by atoms with Gasteiger partial charge >= 0.3 is 0 Å². The van der Waals surface area contributed by atoms with E-state index in [1.165, 1.54) is 38.9 Å². The number of aromatic nitrogens is 2. The average molecular weight is 1090 g/mol. The molecular weight excluding hydrogens is 1040 g/mol. The van der Waals surface area contributed by atoms with Gasteiger partial charge < -0.3 is 19.1 Å². The summed E-state index contributed by atoms with van der Waals surface area (Å²) in [4.78, 5) is 9.53. The molecule has 1 aliphatic heterocycles. The molecule has 8 aromatic carbocycles. The molecule has 0 unspecified atom stereocenters. The molecule has 11 rings (SSSR count). The van der Waals surface area contributed by atoms with Crippen molar-refractivity contribution in [1.29, 1.82) is 0 Å². The van der Waals surface area contributed by atoms with Crippen molar-refractivity contribution in [2.24, 2.45) is 0 Å². The number of fused-ring (bicyclic) bond motifs is 4. The molecule has 70 heavy (non-hydrogen) atoms. The fraction of sp³-hybridized carbons (Fsp3) is 0.156. The summed E-state index contributed by atoms with van der Waals surface area (Å²) in [5.74, 6) is 2.04. The minimum absolute atomic E-state index is 0. The molecular formula is C64H55N4OPt-3. The fourth-order valence-electron chi connectivity index (χ4n) is 10.1. The van der Waals surface area contributed by atoms with E-state index >= 15 is 0 Å². The maximum absolute atomic E-state index is 6.73. The molecule has 0 amide bonds. The number of hydrogen-bond acceptors (Lipinski definition) is 4. The van der Waals surface area contributed by atoms with E-state index in [0.29, 0.717) is 11.5 Å². The molecule has 0 aliphatic carbocycles. The summed E-state index contributed by atoms with van der Waals surface area (Å²) in [6.45, 7) is 18.4. The fourth-order valence-corrected chi connectivity index (χ4v) is 10.1. The van der Waals surface area contributed by atoms with Gasteiger partial charge in [0.1, 0.15) is 5.82 Å². The van der Waals surface area contributed by atoms with E-state index < -0.39 is 10.8 Å². The maximum atomic E-state index is 6.73. The summed E-state index contributed by atoms with van der Waals surface area (Å²) in [6, 6.07) is 76.4. The van der Waals surface area contributed by atoms with Crippen LogP contribution in [0.1, 0.15) is 76.3 Å². The third-order valence-electron chi connectivity index (χ3n) is 14.1. The van der Waals surface area contributed by atoms with Crippen molar-refractivity contribution in [3.05, 3.63) is 247 Å². The van der Waals surface area contributed by atoms with Crippen LogP contribution in [0.25, 0.3) is 38.8 Å². The molecule has 0 spiro atoms. The quantitative estimate of drug-likeness (QED) is 0.128. The van der Waals surface area contributed by atoms with Crippen LogP contribution in [0.15, 0.2) is 200 Å². The zero-order valence-corrected chi connectivity index (χ0v) is 42.9. The van der Waals surface area contributed by atoms with E-state index in [2.05, 4.69) is 258 Å².